The fourth-order valence-electron chi connectivity index (χ4n) is 4.49. The van der Waals surface area contributed by atoms with Crippen molar-refractivity contribution in [2.24, 2.45) is 0 Å². The van der Waals surface area contributed by atoms with Gasteiger partial charge in [0.15, 0.2) is 0 Å². The molecule has 1 heterocycles. The topological polar surface area (TPSA) is 55.9 Å². The Labute approximate surface area is 201 Å². The van der Waals surface area contributed by atoms with Gasteiger partial charge < -0.3 is 15.1 Å². The molecule has 1 saturated heterocycles. The molecular formula is C26H33ClN4O2. The van der Waals surface area contributed by atoms with Crippen molar-refractivity contribution in [2.75, 3.05) is 49.5 Å². The molecule has 1 aliphatic carbocycles. The van der Waals surface area contributed by atoms with Gasteiger partial charge >= 0.3 is 0 Å². The Morgan fingerprint density at radius 1 is 1.03 bits per heavy atom. The molecular weight excluding hydrogens is 436 g/mol. The summed E-state index contributed by atoms with van der Waals surface area (Å²) in [6.07, 6.45) is 2.65. The molecule has 0 bridgehead atoms. The lowest BCUT2D eigenvalue weighted by atomic mass is 10.1. The minimum absolute atomic E-state index is 0.0121. The van der Waals surface area contributed by atoms with Crippen molar-refractivity contribution < 1.29 is 9.59 Å². The van der Waals surface area contributed by atoms with Gasteiger partial charge in [-0.15, -0.1) is 0 Å². The number of halogens is 1. The van der Waals surface area contributed by atoms with Crippen molar-refractivity contribution in [3.8, 4) is 0 Å². The Balaban J connectivity index is 1.25. The third-order valence-electron chi connectivity index (χ3n) is 6.57. The summed E-state index contributed by atoms with van der Waals surface area (Å²) in [6.45, 7) is 7.99. The van der Waals surface area contributed by atoms with Crippen LogP contribution in [0, 0.1) is 13.8 Å². The van der Waals surface area contributed by atoms with Crippen molar-refractivity contribution in [3.63, 3.8) is 0 Å². The van der Waals surface area contributed by atoms with Crippen molar-refractivity contribution >= 4 is 34.8 Å². The van der Waals surface area contributed by atoms with Crippen LogP contribution in [0.5, 0.6) is 0 Å². The SMILES string of the molecule is Cc1cccc(C)c1NC(=O)CN(CCC(=O)N1CCN(c2cccc(Cl)c2)CC1)C1CC1. The number of benzene rings is 2. The molecule has 2 aromatic rings. The Morgan fingerprint density at radius 3 is 2.33 bits per heavy atom. The van der Waals surface area contributed by atoms with Gasteiger partial charge in [-0.3, -0.25) is 14.5 Å². The fourth-order valence-corrected chi connectivity index (χ4v) is 4.67. The van der Waals surface area contributed by atoms with Crippen LogP contribution >= 0.6 is 11.6 Å². The molecule has 2 aromatic carbocycles. The Hall–Kier alpha value is -2.57. The third-order valence-corrected chi connectivity index (χ3v) is 6.81. The lowest BCUT2D eigenvalue weighted by Gasteiger charge is -2.36. The first-order valence-electron chi connectivity index (χ1n) is 11.8. The first-order valence-corrected chi connectivity index (χ1v) is 12.2. The monoisotopic (exact) mass is 468 g/mol. The number of hydrogen-bond acceptors (Lipinski definition) is 4. The third kappa shape index (κ3) is 6.27. The largest absolute Gasteiger partial charge is 0.368 e. The molecule has 2 fully saturated rings. The molecule has 33 heavy (non-hydrogen) atoms. The molecule has 176 valence electrons. The summed E-state index contributed by atoms with van der Waals surface area (Å²) < 4.78 is 0. The smallest absolute Gasteiger partial charge is 0.238 e. The zero-order valence-electron chi connectivity index (χ0n) is 19.5. The Kier molecular flexibility index (Phi) is 7.56. The maximum absolute atomic E-state index is 12.9. The highest BCUT2D eigenvalue weighted by atomic mass is 35.5. The van der Waals surface area contributed by atoms with E-state index < -0.39 is 0 Å². The number of carbonyl (C=O) groups is 2. The van der Waals surface area contributed by atoms with Crippen LogP contribution in [-0.4, -0.2) is 66.9 Å². The van der Waals surface area contributed by atoms with Gasteiger partial charge in [0.05, 0.1) is 6.54 Å². The molecule has 2 aliphatic rings. The number of carbonyl (C=O) groups excluding carboxylic acids is 2. The molecule has 0 aromatic heterocycles. The standard InChI is InChI=1S/C26H33ClN4O2/c1-19-5-3-6-20(2)26(19)28-24(32)18-31(22-9-10-22)12-11-25(33)30-15-13-29(14-16-30)23-8-4-7-21(27)17-23/h3-8,17,22H,9-16,18H2,1-2H3,(H,28,32). The van der Waals surface area contributed by atoms with E-state index in [0.717, 1.165) is 53.5 Å². The van der Waals surface area contributed by atoms with Gasteiger partial charge in [0, 0.05) is 61.6 Å². The first-order chi connectivity index (χ1) is 15.9. The molecule has 0 radical (unpaired) electrons. The van der Waals surface area contributed by atoms with Gasteiger partial charge in [0.1, 0.15) is 0 Å². The van der Waals surface area contributed by atoms with Gasteiger partial charge in [-0.1, -0.05) is 35.9 Å². The van der Waals surface area contributed by atoms with Crippen molar-refractivity contribution in [1.82, 2.24) is 9.80 Å². The van der Waals surface area contributed by atoms with E-state index in [1.165, 1.54) is 0 Å². The van der Waals surface area contributed by atoms with Crippen molar-refractivity contribution in [2.45, 2.75) is 39.2 Å². The number of hydrogen-bond donors (Lipinski definition) is 1. The second-order valence-electron chi connectivity index (χ2n) is 9.11. The summed E-state index contributed by atoms with van der Waals surface area (Å²) in [5.41, 5.74) is 4.12. The van der Waals surface area contributed by atoms with Crippen LogP contribution in [0.15, 0.2) is 42.5 Å². The van der Waals surface area contributed by atoms with Gasteiger partial charge in [0.25, 0.3) is 0 Å². The highest BCUT2D eigenvalue weighted by Gasteiger charge is 2.31. The van der Waals surface area contributed by atoms with E-state index in [1.54, 1.807) is 0 Å². The van der Waals surface area contributed by atoms with E-state index in [2.05, 4.69) is 21.2 Å². The van der Waals surface area contributed by atoms with Crippen LogP contribution in [0.4, 0.5) is 11.4 Å². The van der Waals surface area contributed by atoms with Gasteiger partial charge in [-0.2, -0.15) is 0 Å². The maximum atomic E-state index is 12.9. The van der Waals surface area contributed by atoms with Crippen LogP contribution in [0.2, 0.25) is 5.02 Å². The number of nitrogens with one attached hydrogen (secondary N) is 1. The number of para-hydroxylation sites is 1. The summed E-state index contributed by atoms with van der Waals surface area (Å²) in [7, 11) is 0. The lowest BCUT2D eigenvalue weighted by Crippen LogP contribution is -2.49. The molecule has 0 atom stereocenters. The average molecular weight is 469 g/mol. The summed E-state index contributed by atoms with van der Waals surface area (Å²) in [6, 6.07) is 14.3. The molecule has 1 aliphatic heterocycles. The number of aryl methyl sites for hydroxylation is 2. The molecule has 1 N–H and O–H groups in total. The van der Waals surface area contributed by atoms with Crippen LogP contribution in [0.3, 0.4) is 0 Å². The van der Waals surface area contributed by atoms with E-state index in [-0.39, 0.29) is 11.8 Å². The molecule has 2 amide bonds. The van der Waals surface area contributed by atoms with E-state index in [9.17, 15) is 9.59 Å². The van der Waals surface area contributed by atoms with Gasteiger partial charge in [-0.25, -0.2) is 0 Å². The van der Waals surface area contributed by atoms with Crippen LogP contribution in [0.25, 0.3) is 0 Å². The summed E-state index contributed by atoms with van der Waals surface area (Å²) in [4.78, 5) is 32.0. The maximum Gasteiger partial charge on any atom is 0.238 e. The van der Waals surface area contributed by atoms with Crippen LogP contribution in [-0.2, 0) is 9.59 Å². The second kappa shape index (κ2) is 10.6. The van der Waals surface area contributed by atoms with Gasteiger partial charge in [0.2, 0.25) is 11.8 Å². The van der Waals surface area contributed by atoms with E-state index in [0.29, 0.717) is 38.6 Å². The van der Waals surface area contributed by atoms with Crippen molar-refractivity contribution in [1.29, 1.82) is 0 Å². The number of amides is 2. The van der Waals surface area contributed by atoms with E-state index in [4.69, 9.17) is 11.6 Å². The number of anilines is 2. The number of nitrogens with zero attached hydrogens (tertiary/aromatic N) is 3. The Morgan fingerprint density at radius 2 is 1.70 bits per heavy atom. The normalized spacial score (nSPS) is 16.2. The predicted molar refractivity (Wildman–Crippen MR) is 134 cm³/mol. The number of rotatable bonds is 8. The zero-order chi connectivity index (χ0) is 23.4. The minimum Gasteiger partial charge on any atom is -0.368 e. The van der Waals surface area contributed by atoms with Crippen LogP contribution < -0.4 is 10.2 Å². The average Bonchev–Trinajstić information content (AvgIpc) is 3.64. The molecule has 7 heteroatoms. The second-order valence-corrected chi connectivity index (χ2v) is 9.55. The van der Waals surface area contributed by atoms with E-state index in [1.807, 2.05) is 55.1 Å². The van der Waals surface area contributed by atoms with Crippen molar-refractivity contribution in [3.05, 3.63) is 58.6 Å². The molecule has 0 unspecified atom stereocenters. The van der Waals surface area contributed by atoms with Gasteiger partial charge in [-0.05, 0) is 56.0 Å². The fraction of sp³-hybridized carbons (Fsp3) is 0.462. The lowest BCUT2D eigenvalue weighted by molar-refractivity contribution is -0.132. The highest BCUT2D eigenvalue weighted by molar-refractivity contribution is 6.30. The minimum atomic E-state index is -0.0121. The molecule has 0 spiro atoms. The van der Waals surface area contributed by atoms with Crippen LogP contribution in [0.1, 0.15) is 30.4 Å². The summed E-state index contributed by atoms with van der Waals surface area (Å²) >= 11 is 6.12. The summed E-state index contributed by atoms with van der Waals surface area (Å²) in [5, 5.41) is 3.81. The quantitative estimate of drug-likeness (QED) is 0.633. The zero-order valence-corrected chi connectivity index (χ0v) is 20.3. The highest BCUT2D eigenvalue weighted by Crippen LogP contribution is 2.27. The molecule has 1 saturated carbocycles. The predicted octanol–water partition coefficient (Wildman–Crippen LogP) is 4.10. The number of piperazine rings is 1. The summed E-state index contributed by atoms with van der Waals surface area (Å²) in [5.74, 6) is 0.156. The first kappa shape index (κ1) is 23.6. The molecule has 6 nitrogen and oxygen atoms in total. The Bertz CT molecular complexity index is 979. The van der Waals surface area contributed by atoms with E-state index >= 15 is 0 Å². The molecule has 4 rings (SSSR count).